The van der Waals surface area contributed by atoms with Crippen molar-refractivity contribution in [1.29, 1.82) is 0 Å². The predicted octanol–water partition coefficient (Wildman–Crippen LogP) is 2.46. The van der Waals surface area contributed by atoms with Gasteiger partial charge in [-0.15, -0.1) is 0 Å². The molecule has 0 bridgehead atoms. The molecule has 0 saturated heterocycles. The Morgan fingerprint density at radius 1 is 1.36 bits per heavy atom. The molecular formula is C17H19N3O2. The molecule has 0 saturated carbocycles. The molecule has 1 aliphatic heterocycles. The van der Waals surface area contributed by atoms with Crippen molar-refractivity contribution in [2.24, 2.45) is 0 Å². The van der Waals surface area contributed by atoms with E-state index in [-0.39, 0.29) is 5.56 Å². The van der Waals surface area contributed by atoms with Crippen LogP contribution in [0.15, 0.2) is 47.5 Å². The third-order valence-electron chi connectivity index (χ3n) is 3.73. The lowest BCUT2D eigenvalue weighted by Crippen LogP contribution is -2.30. The number of hydrogen-bond acceptors (Lipinski definition) is 4. The van der Waals surface area contributed by atoms with Crippen LogP contribution in [0.5, 0.6) is 5.75 Å². The number of anilines is 1. The quantitative estimate of drug-likeness (QED) is 0.942. The summed E-state index contributed by atoms with van der Waals surface area (Å²) in [5.41, 5.74) is 2.31. The number of nitrogens with one attached hydrogen (secondary N) is 1. The minimum absolute atomic E-state index is 0.124. The minimum Gasteiger partial charge on any atom is -0.493 e. The summed E-state index contributed by atoms with van der Waals surface area (Å²) in [5.74, 6) is 1.65. The molecule has 22 heavy (non-hydrogen) atoms. The number of rotatable bonds is 4. The number of ether oxygens (including phenoxy) is 1. The molecule has 1 aromatic carbocycles. The maximum atomic E-state index is 11.4. The maximum Gasteiger partial charge on any atom is 0.252 e. The van der Waals surface area contributed by atoms with Gasteiger partial charge in [0.15, 0.2) is 0 Å². The van der Waals surface area contributed by atoms with Crippen molar-refractivity contribution in [1.82, 2.24) is 9.97 Å². The van der Waals surface area contributed by atoms with E-state index in [1.807, 2.05) is 25.1 Å². The van der Waals surface area contributed by atoms with E-state index in [4.69, 9.17) is 4.74 Å². The van der Waals surface area contributed by atoms with Gasteiger partial charge in [-0.3, -0.25) is 4.79 Å². The summed E-state index contributed by atoms with van der Waals surface area (Å²) in [7, 11) is 0. The van der Waals surface area contributed by atoms with Crippen LogP contribution in [0.3, 0.4) is 0 Å². The number of benzene rings is 1. The van der Waals surface area contributed by atoms with E-state index in [2.05, 4.69) is 27.0 Å². The van der Waals surface area contributed by atoms with Gasteiger partial charge in [0, 0.05) is 24.7 Å². The Labute approximate surface area is 129 Å². The number of aromatic nitrogens is 2. The molecule has 5 nitrogen and oxygen atoms in total. The first-order valence-electron chi connectivity index (χ1n) is 7.49. The van der Waals surface area contributed by atoms with Crippen LogP contribution < -0.4 is 15.2 Å². The van der Waals surface area contributed by atoms with Gasteiger partial charge in [-0.05, 0) is 25.0 Å². The fraction of sp³-hybridized carbons (Fsp3) is 0.294. The van der Waals surface area contributed by atoms with E-state index in [0.717, 1.165) is 36.6 Å². The molecule has 0 radical (unpaired) electrons. The minimum atomic E-state index is -0.124. The fourth-order valence-corrected chi connectivity index (χ4v) is 2.67. The molecule has 114 valence electrons. The van der Waals surface area contributed by atoms with E-state index in [1.165, 1.54) is 18.0 Å². The molecule has 2 aromatic rings. The Hall–Kier alpha value is -2.56. The van der Waals surface area contributed by atoms with Crippen LogP contribution in [0.25, 0.3) is 5.57 Å². The average Bonchev–Trinajstić information content (AvgIpc) is 2.56. The molecule has 0 aliphatic carbocycles. The Bertz CT molecular complexity index is 736. The van der Waals surface area contributed by atoms with E-state index < -0.39 is 0 Å². The van der Waals surface area contributed by atoms with Crippen LogP contribution in [0.1, 0.15) is 18.9 Å². The number of para-hydroxylation sites is 1. The van der Waals surface area contributed by atoms with Crippen LogP contribution in [-0.2, 0) is 0 Å². The molecule has 0 fully saturated rings. The summed E-state index contributed by atoms with van der Waals surface area (Å²) < 4.78 is 5.71. The molecule has 0 spiro atoms. The first-order chi connectivity index (χ1) is 10.8. The van der Waals surface area contributed by atoms with E-state index in [0.29, 0.717) is 6.61 Å². The maximum absolute atomic E-state index is 11.4. The Morgan fingerprint density at radius 2 is 2.23 bits per heavy atom. The van der Waals surface area contributed by atoms with Gasteiger partial charge in [0.1, 0.15) is 11.6 Å². The topological polar surface area (TPSA) is 58.2 Å². The van der Waals surface area contributed by atoms with Crippen molar-refractivity contribution >= 4 is 11.4 Å². The summed E-state index contributed by atoms with van der Waals surface area (Å²) in [4.78, 5) is 20.2. The molecule has 1 N–H and O–H groups in total. The molecule has 0 atom stereocenters. The van der Waals surface area contributed by atoms with Crippen molar-refractivity contribution in [2.75, 3.05) is 24.6 Å². The van der Waals surface area contributed by atoms with Gasteiger partial charge in [-0.1, -0.05) is 24.3 Å². The van der Waals surface area contributed by atoms with Gasteiger partial charge in [0.2, 0.25) is 0 Å². The monoisotopic (exact) mass is 297 g/mol. The Kier molecular flexibility index (Phi) is 4.23. The van der Waals surface area contributed by atoms with Crippen LogP contribution in [0, 0.1) is 0 Å². The molecule has 0 amide bonds. The Morgan fingerprint density at radius 3 is 2.95 bits per heavy atom. The summed E-state index contributed by atoms with van der Waals surface area (Å²) >= 11 is 0. The van der Waals surface area contributed by atoms with Gasteiger partial charge >= 0.3 is 0 Å². The zero-order chi connectivity index (χ0) is 15.4. The first kappa shape index (κ1) is 14.4. The summed E-state index contributed by atoms with van der Waals surface area (Å²) in [6, 6.07) is 9.66. The van der Waals surface area contributed by atoms with E-state index >= 15 is 0 Å². The largest absolute Gasteiger partial charge is 0.493 e. The van der Waals surface area contributed by atoms with Crippen molar-refractivity contribution in [3.8, 4) is 5.75 Å². The highest BCUT2D eigenvalue weighted by molar-refractivity contribution is 5.72. The van der Waals surface area contributed by atoms with Gasteiger partial charge in [0.25, 0.3) is 5.56 Å². The molecule has 0 unspecified atom stereocenters. The average molecular weight is 297 g/mol. The van der Waals surface area contributed by atoms with Crippen molar-refractivity contribution in [3.63, 3.8) is 0 Å². The van der Waals surface area contributed by atoms with Gasteiger partial charge in [-0.25, -0.2) is 4.98 Å². The number of hydrogen-bond donors (Lipinski definition) is 1. The highest BCUT2D eigenvalue weighted by Gasteiger charge is 2.16. The highest BCUT2D eigenvalue weighted by Crippen LogP contribution is 2.30. The molecule has 1 aromatic heterocycles. The second-order valence-electron chi connectivity index (χ2n) is 5.12. The van der Waals surface area contributed by atoms with E-state index in [9.17, 15) is 4.79 Å². The molecular weight excluding hydrogens is 278 g/mol. The Balaban J connectivity index is 1.81. The zero-order valence-corrected chi connectivity index (χ0v) is 12.6. The lowest BCUT2D eigenvalue weighted by Gasteiger charge is -2.27. The number of nitrogens with zero attached hydrogens (tertiary/aromatic N) is 2. The lowest BCUT2D eigenvalue weighted by atomic mass is 9.98. The van der Waals surface area contributed by atoms with Crippen LogP contribution in [0.2, 0.25) is 0 Å². The van der Waals surface area contributed by atoms with Crippen molar-refractivity contribution in [3.05, 3.63) is 58.7 Å². The summed E-state index contributed by atoms with van der Waals surface area (Å²) in [6.07, 6.45) is 4.53. The first-order valence-corrected chi connectivity index (χ1v) is 7.49. The SMILES string of the molecule is CCOc1ccccc1C1=CCN(c2cc(=O)[nH]cn2)CC1. The normalized spacial score (nSPS) is 14.6. The van der Waals surface area contributed by atoms with Gasteiger partial charge in [0.05, 0.1) is 12.9 Å². The third kappa shape index (κ3) is 3.03. The third-order valence-corrected chi connectivity index (χ3v) is 3.73. The predicted molar refractivity (Wildman–Crippen MR) is 87.3 cm³/mol. The van der Waals surface area contributed by atoms with Gasteiger partial charge in [-0.2, -0.15) is 0 Å². The smallest absolute Gasteiger partial charge is 0.252 e. The second-order valence-corrected chi connectivity index (χ2v) is 5.12. The lowest BCUT2D eigenvalue weighted by molar-refractivity contribution is 0.339. The molecule has 1 aliphatic rings. The standard InChI is InChI=1S/C17H19N3O2/c1-2-22-15-6-4-3-5-14(15)13-7-9-20(10-8-13)16-11-17(21)19-12-18-16/h3-7,11-12H,2,8-10H2,1H3,(H,18,19,21). The van der Waals surface area contributed by atoms with Crippen molar-refractivity contribution < 1.29 is 4.74 Å². The summed E-state index contributed by atoms with van der Waals surface area (Å²) in [5, 5.41) is 0. The number of aromatic amines is 1. The summed E-state index contributed by atoms with van der Waals surface area (Å²) in [6.45, 7) is 4.23. The molecule has 3 rings (SSSR count). The van der Waals surface area contributed by atoms with Gasteiger partial charge < -0.3 is 14.6 Å². The van der Waals surface area contributed by atoms with E-state index in [1.54, 1.807) is 0 Å². The van der Waals surface area contributed by atoms with Crippen LogP contribution in [-0.4, -0.2) is 29.7 Å². The van der Waals surface area contributed by atoms with Crippen molar-refractivity contribution in [2.45, 2.75) is 13.3 Å². The van der Waals surface area contributed by atoms with Crippen LogP contribution in [0.4, 0.5) is 5.82 Å². The molecule has 2 heterocycles. The van der Waals surface area contributed by atoms with Crippen LogP contribution >= 0.6 is 0 Å². The highest BCUT2D eigenvalue weighted by atomic mass is 16.5. The number of H-pyrrole nitrogens is 1. The molecule has 5 heteroatoms. The second kappa shape index (κ2) is 6.47. The zero-order valence-electron chi connectivity index (χ0n) is 12.6. The fourth-order valence-electron chi connectivity index (χ4n) is 2.67.